The van der Waals surface area contributed by atoms with Crippen molar-refractivity contribution in [1.29, 1.82) is 0 Å². The molecule has 1 amide bonds. The number of carbonyl (C=O) groups excluding carboxylic acids is 1. The second-order valence-electron chi connectivity index (χ2n) is 8.74. The summed E-state index contributed by atoms with van der Waals surface area (Å²) in [5.74, 6) is 0.840. The summed E-state index contributed by atoms with van der Waals surface area (Å²) in [5.41, 5.74) is 3.61. The Balaban J connectivity index is 1.28. The number of halogens is 1. The van der Waals surface area contributed by atoms with E-state index in [-0.39, 0.29) is 11.7 Å². The highest BCUT2D eigenvalue weighted by Gasteiger charge is 2.31. The number of hydrogen-bond acceptors (Lipinski definition) is 5. The van der Waals surface area contributed by atoms with Gasteiger partial charge in [0.1, 0.15) is 18.1 Å². The van der Waals surface area contributed by atoms with Gasteiger partial charge in [-0.05, 0) is 61.8 Å². The Hall–Kier alpha value is -3.45. The largest absolute Gasteiger partial charge is 0.493 e. The van der Waals surface area contributed by atoms with Crippen LogP contribution in [0.3, 0.4) is 0 Å². The molecule has 176 valence electrons. The number of aromatic nitrogens is 1. The maximum absolute atomic E-state index is 13.5. The standard InChI is InChI=1S/C27H28FN3O3/c1-33-25-17-23(9-10-24(25)34-14-13-30-11-2-3-12-30)31-18-20-7-8-22(29-26(20)27(31)32)16-19-5-4-6-21(28)15-19/h4-10,15,17H,2-3,11-14,16,18H2,1H3. The number of carbonyl (C=O) groups is 1. The average Bonchev–Trinajstić information content (AvgIpc) is 3.47. The molecule has 1 aromatic heterocycles. The molecular formula is C27H28FN3O3. The molecule has 0 N–H and O–H groups in total. The Labute approximate surface area is 198 Å². The second kappa shape index (κ2) is 9.81. The number of anilines is 1. The number of benzene rings is 2. The van der Waals surface area contributed by atoms with E-state index in [0.717, 1.165) is 42.1 Å². The number of amides is 1. The van der Waals surface area contributed by atoms with Gasteiger partial charge in [0.05, 0.1) is 13.7 Å². The molecule has 3 aromatic rings. The highest BCUT2D eigenvalue weighted by Crippen LogP contribution is 2.35. The van der Waals surface area contributed by atoms with Crippen molar-refractivity contribution in [2.45, 2.75) is 25.8 Å². The summed E-state index contributed by atoms with van der Waals surface area (Å²) in [7, 11) is 1.60. The molecule has 0 radical (unpaired) electrons. The molecule has 6 nitrogen and oxygen atoms in total. The Morgan fingerprint density at radius 1 is 1.03 bits per heavy atom. The van der Waals surface area contributed by atoms with Crippen LogP contribution in [0, 0.1) is 5.82 Å². The van der Waals surface area contributed by atoms with Crippen molar-refractivity contribution in [2.75, 3.05) is 38.3 Å². The first-order valence-corrected chi connectivity index (χ1v) is 11.7. The van der Waals surface area contributed by atoms with E-state index in [9.17, 15) is 9.18 Å². The van der Waals surface area contributed by atoms with Gasteiger partial charge in [-0.3, -0.25) is 9.69 Å². The van der Waals surface area contributed by atoms with Crippen LogP contribution in [0.1, 0.15) is 40.2 Å². The molecule has 0 aliphatic carbocycles. The number of ether oxygens (including phenoxy) is 2. The quantitative estimate of drug-likeness (QED) is 0.496. The third kappa shape index (κ3) is 4.75. The number of hydrogen-bond donors (Lipinski definition) is 0. The van der Waals surface area contributed by atoms with Gasteiger partial charge in [0.2, 0.25) is 0 Å². The first-order chi connectivity index (χ1) is 16.6. The Morgan fingerprint density at radius 2 is 1.88 bits per heavy atom. The van der Waals surface area contributed by atoms with Crippen LogP contribution in [0.4, 0.5) is 10.1 Å². The van der Waals surface area contributed by atoms with Gasteiger partial charge in [-0.1, -0.05) is 18.2 Å². The summed E-state index contributed by atoms with van der Waals surface area (Å²) >= 11 is 0. The maximum atomic E-state index is 13.5. The number of nitrogens with zero attached hydrogens (tertiary/aromatic N) is 3. The van der Waals surface area contributed by atoms with Crippen molar-refractivity contribution < 1.29 is 18.7 Å². The van der Waals surface area contributed by atoms with E-state index >= 15 is 0 Å². The van der Waals surface area contributed by atoms with Crippen molar-refractivity contribution in [3.8, 4) is 11.5 Å². The van der Waals surface area contributed by atoms with E-state index < -0.39 is 0 Å². The van der Waals surface area contributed by atoms with Crippen LogP contribution < -0.4 is 14.4 Å². The van der Waals surface area contributed by atoms with Gasteiger partial charge in [0.15, 0.2) is 11.5 Å². The van der Waals surface area contributed by atoms with E-state index in [0.29, 0.717) is 36.8 Å². The number of methoxy groups -OCH3 is 1. The normalized spacial score (nSPS) is 15.6. The van der Waals surface area contributed by atoms with Gasteiger partial charge >= 0.3 is 0 Å². The Bertz CT molecular complexity index is 1190. The molecule has 5 rings (SSSR count). The van der Waals surface area contributed by atoms with Crippen LogP contribution in [-0.4, -0.2) is 49.1 Å². The minimum absolute atomic E-state index is 0.152. The van der Waals surface area contributed by atoms with Gasteiger partial charge < -0.3 is 14.4 Å². The molecule has 0 saturated carbocycles. The molecule has 1 saturated heterocycles. The first-order valence-electron chi connectivity index (χ1n) is 11.7. The molecule has 2 aromatic carbocycles. The van der Waals surface area contributed by atoms with Gasteiger partial charge in [-0.15, -0.1) is 0 Å². The predicted octanol–water partition coefficient (Wildman–Crippen LogP) is 4.46. The lowest BCUT2D eigenvalue weighted by Gasteiger charge is -2.19. The molecule has 7 heteroatoms. The number of fused-ring (bicyclic) bond motifs is 1. The summed E-state index contributed by atoms with van der Waals surface area (Å²) < 4.78 is 25.0. The molecule has 0 atom stereocenters. The zero-order chi connectivity index (χ0) is 23.5. The van der Waals surface area contributed by atoms with Crippen molar-refractivity contribution in [2.24, 2.45) is 0 Å². The van der Waals surface area contributed by atoms with Crippen LogP contribution in [0.2, 0.25) is 0 Å². The lowest BCUT2D eigenvalue weighted by molar-refractivity contribution is 0.0992. The Kier molecular flexibility index (Phi) is 6.45. The molecule has 2 aliphatic rings. The van der Waals surface area contributed by atoms with E-state index in [1.807, 2.05) is 36.4 Å². The van der Waals surface area contributed by atoms with Crippen molar-refractivity contribution in [3.05, 3.63) is 82.9 Å². The molecule has 3 heterocycles. The maximum Gasteiger partial charge on any atom is 0.277 e. The van der Waals surface area contributed by atoms with Crippen LogP contribution in [0.25, 0.3) is 0 Å². The fourth-order valence-corrected chi connectivity index (χ4v) is 4.61. The lowest BCUT2D eigenvalue weighted by atomic mass is 10.1. The SMILES string of the molecule is COc1cc(N2Cc3ccc(Cc4cccc(F)c4)nc3C2=O)ccc1OCCN1CCCC1. The first kappa shape index (κ1) is 22.3. The van der Waals surface area contributed by atoms with Crippen molar-refractivity contribution >= 4 is 11.6 Å². The lowest BCUT2D eigenvalue weighted by Crippen LogP contribution is -2.25. The monoisotopic (exact) mass is 461 g/mol. The molecular weight excluding hydrogens is 433 g/mol. The molecule has 1 fully saturated rings. The minimum Gasteiger partial charge on any atom is -0.493 e. The molecule has 0 spiro atoms. The zero-order valence-electron chi connectivity index (χ0n) is 19.3. The van der Waals surface area contributed by atoms with E-state index in [1.165, 1.54) is 25.0 Å². The molecule has 0 unspecified atom stereocenters. The summed E-state index contributed by atoms with van der Waals surface area (Å²) in [6.07, 6.45) is 2.98. The predicted molar refractivity (Wildman–Crippen MR) is 128 cm³/mol. The molecule has 2 aliphatic heterocycles. The smallest absolute Gasteiger partial charge is 0.277 e. The topological polar surface area (TPSA) is 54.9 Å². The molecule has 0 bridgehead atoms. The van der Waals surface area contributed by atoms with Gasteiger partial charge in [0, 0.05) is 36.0 Å². The van der Waals surface area contributed by atoms with Crippen molar-refractivity contribution in [3.63, 3.8) is 0 Å². The minimum atomic E-state index is -0.279. The van der Waals surface area contributed by atoms with E-state index in [2.05, 4.69) is 9.88 Å². The van der Waals surface area contributed by atoms with E-state index in [1.54, 1.807) is 18.1 Å². The highest BCUT2D eigenvalue weighted by atomic mass is 19.1. The second-order valence-corrected chi connectivity index (χ2v) is 8.74. The van der Waals surface area contributed by atoms with Crippen LogP contribution in [-0.2, 0) is 13.0 Å². The van der Waals surface area contributed by atoms with E-state index in [4.69, 9.17) is 9.47 Å². The fourth-order valence-electron chi connectivity index (χ4n) is 4.61. The van der Waals surface area contributed by atoms with Crippen LogP contribution >= 0.6 is 0 Å². The van der Waals surface area contributed by atoms with Gasteiger partial charge in [-0.25, -0.2) is 9.37 Å². The Morgan fingerprint density at radius 3 is 2.68 bits per heavy atom. The van der Waals surface area contributed by atoms with Crippen LogP contribution in [0.15, 0.2) is 54.6 Å². The average molecular weight is 462 g/mol. The van der Waals surface area contributed by atoms with Crippen molar-refractivity contribution in [1.82, 2.24) is 9.88 Å². The van der Waals surface area contributed by atoms with Crippen LogP contribution in [0.5, 0.6) is 11.5 Å². The van der Waals surface area contributed by atoms with Gasteiger partial charge in [-0.2, -0.15) is 0 Å². The summed E-state index contributed by atoms with van der Waals surface area (Å²) in [6, 6.07) is 15.8. The summed E-state index contributed by atoms with van der Waals surface area (Å²) in [5, 5.41) is 0. The van der Waals surface area contributed by atoms with Gasteiger partial charge in [0.25, 0.3) is 5.91 Å². The highest BCUT2D eigenvalue weighted by molar-refractivity contribution is 6.08. The summed E-state index contributed by atoms with van der Waals surface area (Å²) in [6.45, 7) is 4.21. The fraction of sp³-hybridized carbons (Fsp3) is 0.333. The third-order valence-corrected chi connectivity index (χ3v) is 6.41. The number of pyridine rings is 1. The number of likely N-dealkylation sites (tertiary alicyclic amines) is 1. The number of rotatable bonds is 8. The third-order valence-electron chi connectivity index (χ3n) is 6.41. The zero-order valence-corrected chi connectivity index (χ0v) is 19.3. The summed E-state index contributed by atoms with van der Waals surface area (Å²) in [4.78, 5) is 21.9. The molecule has 34 heavy (non-hydrogen) atoms.